The van der Waals surface area contributed by atoms with E-state index in [1.165, 1.54) is 6.92 Å². The van der Waals surface area contributed by atoms with Gasteiger partial charge in [0.15, 0.2) is 0 Å². The first-order valence-electron chi connectivity index (χ1n) is 7.51. The van der Waals surface area contributed by atoms with Crippen molar-refractivity contribution in [3.63, 3.8) is 0 Å². The summed E-state index contributed by atoms with van der Waals surface area (Å²) in [6.45, 7) is 5.24. The Labute approximate surface area is 136 Å². The standard InChI is InChI=1S/C18H22O5/c1-4-5-15-10-11-17(18(23-15)12-21-13(2)19)22-16-8-6-14(20-3)7-9-16/h4,6-11,15,17-18H,1,5,12H2,2-3H3/t15-,17+,18-/m1/s1. The molecule has 1 heterocycles. The number of carbonyl (C=O) groups excluding carboxylic acids is 1. The molecule has 1 aromatic carbocycles. The SMILES string of the molecule is C=CC[C@@H]1C=C[C@H](Oc2ccc(OC)cc2)[C@@H](COC(C)=O)O1. The van der Waals surface area contributed by atoms with Crippen LogP contribution in [0.5, 0.6) is 11.5 Å². The number of hydrogen-bond donors (Lipinski definition) is 0. The summed E-state index contributed by atoms with van der Waals surface area (Å²) in [6, 6.07) is 7.30. The Hall–Kier alpha value is -2.27. The highest BCUT2D eigenvalue weighted by molar-refractivity contribution is 5.65. The van der Waals surface area contributed by atoms with Crippen LogP contribution >= 0.6 is 0 Å². The number of hydrogen-bond acceptors (Lipinski definition) is 5. The fourth-order valence-corrected chi connectivity index (χ4v) is 2.26. The van der Waals surface area contributed by atoms with Gasteiger partial charge in [0.1, 0.15) is 30.3 Å². The quantitative estimate of drug-likeness (QED) is 0.571. The molecule has 5 nitrogen and oxygen atoms in total. The second-order valence-corrected chi connectivity index (χ2v) is 5.18. The summed E-state index contributed by atoms with van der Waals surface area (Å²) in [4.78, 5) is 11.1. The molecule has 0 saturated heterocycles. The van der Waals surface area contributed by atoms with Crippen molar-refractivity contribution in [1.29, 1.82) is 0 Å². The molecular formula is C18H22O5. The van der Waals surface area contributed by atoms with Crippen LogP contribution in [0.1, 0.15) is 13.3 Å². The third kappa shape index (κ3) is 5.14. The van der Waals surface area contributed by atoms with Gasteiger partial charge >= 0.3 is 5.97 Å². The van der Waals surface area contributed by atoms with E-state index in [1.807, 2.05) is 36.4 Å². The molecule has 5 heteroatoms. The van der Waals surface area contributed by atoms with E-state index in [-0.39, 0.29) is 30.9 Å². The average molecular weight is 318 g/mol. The lowest BCUT2D eigenvalue weighted by atomic mass is 10.1. The summed E-state index contributed by atoms with van der Waals surface area (Å²) in [5.74, 6) is 1.11. The fourth-order valence-electron chi connectivity index (χ4n) is 2.26. The highest BCUT2D eigenvalue weighted by atomic mass is 16.6. The lowest BCUT2D eigenvalue weighted by Crippen LogP contribution is -2.42. The Morgan fingerprint density at radius 1 is 1.26 bits per heavy atom. The highest BCUT2D eigenvalue weighted by Gasteiger charge is 2.29. The van der Waals surface area contributed by atoms with E-state index < -0.39 is 0 Å². The van der Waals surface area contributed by atoms with Crippen LogP contribution in [0.2, 0.25) is 0 Å². The van der Waals surface area contributed by atoms with Crippen molar-refractivity contribution in [2.75, 3.05) is 13.7 Å². The largest absolute Gasteiger partial charge is 0.497 e. The maximum Gasteiger partial charge on any atom is 0.302 e. The molecule has 3 atom stereocenters. The molecule has 0 spiro atoms. The predicted octanol–water partition coefficient (Wildman–Crippen LogP) is 2.91. The van der Waals surface area contributed by atoms with Gasteiger partial charge in [0.2, 0.25) is 0 Å². The lowest BCUT2D eigenvalue weighted by molar-refractivity contribution is -0.149. The molecule has 0 amide bonds. The first kappa shape index (κ1) is 17.1. The van der Waals surface area contributed by atoms with Crippen molar-refractivity contribution in [3.05, 3.63) is 49.1 Å². The van der Waals surface area contributed by atoms with Gasteiger partial charge in [-0.05, 0) is 36.8 Å². The van der Waals surface area contributed by atoms with Crippen LogP contribution in [0.4, 0.5) is 0 Å². The molecule has 2 rings (SSSR count). The van der Waals surface area contributed by atoms with Gasteiger partial charge in [-0.1, -0.05) is 12.2 Å². The number of methoxy groups -OCH3 is 1. The van der Waals surface area contributed by atoms with Gasteiger partial charge in [-0.15, -0.1) is 6.58 Å². The molecule has 0 radical (unpaired) electrons. The number of esters is 1. The first-order chi connectivity index (χ1) is 11.1. The van der Waals surface area contributed by atoms with E-state index >= 15 is 0 Å². The van der Waals surface area contributed by atoms with E-state index in [0.29, 0.717) is 12.2 Å². The molecule has 1 aliphatic heterocycles. The van der Waals surface area contributed by atoms with Crippen molar-refractivity contribution in [2.45, 2.75) is 31.7 Å². The second kappa shape index (κ2) is 8.39. The Kier molecular flexibility index (Phi) is 6.23. The Morgan fingerprint density at radius 3 is 2.57 bits per heavy atom. The minimum absolute atomic E-state index is 0.0798. The monoisotopic (exact) mass is 318 g/mol. The van der Waals surface area contributed by atoms with E-state index in [0.717, 1.165) is 5.75 Å². The maximum atomic E-state index is 11.1. The maximum absolute atomic E-state index is 11.1. The van der Waals surface area contributed by atoms with Gasteiger partial charge < -0.3 is 18.9 Å². The van der Waals surface area contributed by atoms with Crippen LogP contribution in [-0.2, 0) is 14.3 Å². The van der Waals surface area contributed by atoms with Crippen LogP contribution in [0.3, 0.4) is 0 Å². The number of ether oxygens (including phenoxy) is 4. The lowest BCUT2D eigenvalue weighted by Gasteiger charge is -2.32. The number of benzene rings is 1. The summed E-state index contributed by atoms with van der Waals surface area (Å²) in [7, 11) is 1.61. The Bertz CT molecular complexity index is 549. The van der Waals surface area contributed by atoms with Gasteiger partial charge in [-0.2, -0.15) is 0 Å². The van der Waals surface area contributed by atoms with Gasteiger partial charge in [0, 0.05) is 6.92 Å². The molecule has 124 valence electrons. The molecule has 0 bridgehead atoms. The molecule has 0 aliphatic carbocycles. The minimum atomic E-state index is -0.365. The van der Waals surface area contributed by atoms with Crippen molar-refractivity contribution < 1.29 is 23.7 Å². The van der Waals surface area contributed by atoms with Crippen molar-refractivity contribution in [3.8, 4) is 11.5 Å². The summed E-state index contributed by atoms with van der Waals surface area (Å²) >= 11 is 0. The van der Waals surface area contributed by atoms with Gasteiger partial charge in [-0.25, -0.2) is 0 Å². The van der Waals surface area contributed by atoms with E-state index in [1.54, 1.807) is 13.2 Å². The summed E-state index contributed by atoms with van der Waals surface area (Å²) in [6.07, 6.45) is 5.60. The van der Waals surface area contributed by atoms with Crippen molar-refractivity contribution in [1.82, 2.24) is 0 Å². The summed E-state index contributed by atoms with van der Waals surface area (Å²) in [5.41, 5.74) is 0. The molecule has 23 heavy (non-hydrogen) atoms. The van der Waals surface area contributed by atoms with Gasteiger partial charge in [0.25, 0.3) is 0 Å². The van der Waals surface area contributed by atoms with Crippen LogP contribution < -0.4 is 9.47 Å². The van der Waals surface area contributed by atoms with Crippen molar-refractivity contribution >= 4 is 5.97 Å². The normalized spacial score (nSPS) is 23.1. The van der Waals surface area contributed by atoms with E-state index in [4.69, 9.17) is 18.9 Å². The highest BCUT2D eigenvalue weighted by Crippen LogP contribution is 2.23. The molecule has 1 aliphatic rings. The zero-order chi connectivity index (χ0) is 16.7. The molecule has 0 aromatic heterocycles. The van der Waals surface area contributed by atoms with Crippen LogP contribution in [0, 0.1) is 0 Å². The molecular weight excluding hydrogens is 296 g/mol. The topological polar surface area (TPSA) is 54.0 Å². The molecule has 0 saturated carbocycles. The van der Waals surface area contributed by atoms with Crippen molar-refractivity contribution in [2.24, 2.45) is 0 Å². The Balaban J connectivity index is 2.06. The molecule has 0 fully saturated rings. The summed E-state index contributed by atoms with van der Waals surface area (Å²) in [5, 5.41) is 0. The molecule has 0 unspecified atom stereocenters. The number of rotatable bonds is 7. The third-order valence-corrected chi connectivity index (χ3v) is 3.41. The average Bonchev–Trinajstić information content (AvgIpc) is 2.55. The second-order valence-electron chi connectivity index (χ2n) is 5.18. The van der Waals surface area contributed by atoms with Crippen LogP contribution in [0.25, 0.3) is 0 Å². The predicted molar refractivity (Wildman–Crippen MR) is 86.7 cm³/mol. The summed E-state index contributed by atoms with van der Waals surface area (Å²) < 4.78 is 22.1. The van der Waals surface area contributed by atoms with E-state index in [9.17, 15) is 4.79 Å². The van der Waals surface area contributed by atoms with Gasteiger partial charge in [-0.3, -0.25) is 4.79 Å². The zero-order valence-electron chi connectivity index (χ0n) is 13.4. The first-order valence-corrected chi connectivity index (χ1v) is 7.51. The fraction of sp³-hybridized carbons (Fsp3) is 0.389. The zero-order valence-corrected chi connectivity index (χ0v) is 13.4. The van der Waals surface area contributed by atoms with E-state index in [2.05, 4.69) is 6.58 Å². The molecule has 0 N–H and O–H groups in total. The van der Waals surface area contributed by atoms with Gasteiger partial charge in [0.05, 0.1) is 13.2 Å². The van der Waals surface area contributed by atoms with Crippen LogP contribution in [0.15, 0.2) is 49.1 Å². The number of carbonyl (C=O) groups is 1. The minimum Gasteiger partial charge on any atom is -0.497 e. The molecule has 1 aromatic rings. The smallest absolute Gasteiger partial charge is 0.302 e. The third-order valence-electron chi connectivity index (χ3n) is 3.41. The van der Waals surface area contributed by atoms with Crippen LogP contribution in [-0.4, -0.2) is 38.0 Å². The Morgan fingerprint density at radius 2 is 1.96 bits per heavy atom.